The number of hydrogen-bond donors (Lipinski definition) is 1. The van der Waals surface area contributed by atoms with Crippen LogP contribution in [-0.2, 0) is 16.1 Å². The number of carboxylic acids is 1. The first kappa shape index (κ1) is 13.6. The van der Waals surface area contributed by atoms with Gasteiger partial charge in [-0.25, -0.2) is 0 Å². The van der Waals surface area contributed by atoms with Crippen molar-refractivity contribution >= 4 is 11.9 Å². The van der Waals surface area contributed by atoms with Crippen molar-refractivity contribution in [1.82, 2.24) is 4.90 Å². The molecule has 2 rings (SSSR count). The molecule has 0 aliphatic heterocycles. The molecule has 1 aromatic rings. The van der Waals surface area contributed by atoms with Crippen LogP contribution in [0.1, 0.15) is 25.3 Å². The van der Waals surface area contributed by atoms with Crippen molar-refractivity contribution in [3.05, 3.63) is 35.9 Å². The van der Waals surface area contributed by atoms with Gasteiger partial charge in [0.2, 0.25) is 5.91 Å². The highest BCUT2D eigenvalue weighted by molar-refractivity contribution is 5.81. The van der Waals surface area contributed by atoms with E-state index < -0.39 is 11.9 Å². The molecule has 0 radical (unpaired) electrons. The summed E-state index contributed by atoms with van der Waals surface area (Å²) < 4.78 is 0. The maximum absolute atomic E-state index is 12.2. The van der Waals surface area contributed by atoms with Crippen LogP contribution in [0, 0.1) is 11.8 Å². The molecule has 0 bridgehead atoms. The number of rotatable bonds is 6. The number of carbonyl (C=O) groups is 2. The number of carbonyl (C=O) groups excluding carboxylic acids is 1. The molecule has 102 valence electrons. The fraction of sp³-hybridized carbons (Fsp3) is 0.467. The Bertz CT molecular complexity index is 454. The zero-order chi connectivity index (χ0) is 13.8. The molecule has 4 heteroatoms. The molecule has 1 atom stereocenters. The van der Waals surface area contributed by atoms with Gasteiger partial charge in [0.25, 0.3) is 0 Å². The average molecular weight is 261 g/mol. The first-order valence-electron chi connectivity index (χ1n) is 6.63. The SMILES string of the molecule is CC(CN(Cc1ccccc1)C(=O)C1CC1)C(=O)O. The third-order valence-corrected chi connectivity index (χ3v) is 3.37. The van der Waals surface area contributed by atoms with Gasteiger partial charge in [-0.1, -0.05) is 37.3 Å². The Morgan fingerprint density at radius 3 is 2.47 bits per heavy atom. The summed E-state index contributed by atoms with van der Waals surface area (Å²) in [6.45, 7) is 2.41. The third-order valence-electron chi connectivity index (χ3n) is 3.37. The van der Waals surface area contributed by atoms with E-state index in [1.807, 2.05) is 30.3 Å². The number of benzene rings is 1. The van der Waals surface area contributed by atoms with Crippen molar-refractivity contribution in [2.45, 2.75) is 26.3 Å². The van der Waals surface area contributed by atoms with E-state index in [4.69, 9.17) is 5.11 Å². The second-order valence-corrected chi connectivity index (χ2v) is 5.22. The van der Waals surface area contributed by atoms with E-state index in [9.17, 15) is 9.59 Å². The van der Waals surface area contributed by atoms with Crippen molar-refractivity contribution in [3.63, 3.8) is 0 Å². The summed E-state index contributed by atoms with van der Waals surface area (Å²) in [6.07, 6.45) is 1.87. The summed E-state index contributed by atoms with van der Waals surface area (Å²) in [7, 11) is 0. The molecule has 1 fully saturated rings. The van der Waals surface area contributed by atoms with Gasteiger partial charge in [-0.2, -0.15) is 0 Å². The zero-order valence-corrected chi connectivity index (χ0v) is 11.1. The van der Waals surface area contributed by atoms with Gasteiger partial charge in [0.1, 0.15) is 0 Å². The molecule has 1 aromatic carbocycles. The minimum atomic E-state index is -0.860. The molecule has 1 aliphatic rings. The van der Waals surface area contributed by atoms with Gasteiger partial charge in [-0.3, -0.25) is 9.59 Å². The van der Waals surface area contributed by atoms with E-state index in [1.54, 1.807) is 11.8 Å². The standard InChI is InChI=1S/C15H19NO3/c1-11(15(18)19)9-16(14(17)13-7-8-13)10-12-5-3-2-4-6-12/h2-6,11,13H,7-10H2,1H3,(H,18,19). The van der Waals surface area contributed by atoms with E-state index >= 15 is 0 Å². The van der Waals surface area contributed by atoms with Crippen LogP contribution in [0.3, 0.4) is 0 Å². The van der Waals surface area contributed by atoms with Crippen molar-refractivity contribution in [2.75, 3.05) is 6.54 Å². The predicted molar refractivity (Wildman–Crippen MR) is 71.4 cm³/mol. The molecule has 0 spiro atoms. The highest BCUT2D eigenvalue weighted by Crippen LogP contribution is 2.31. The fourth-order valence-electron chi connectivity index (χ4n) is 2.03. The van der Waals surface area contributed by atoms with Crippen LogP contribution in [-0.4, -0.2) is 28.4 Å². The van der Waals surface area contributed by atoms with Crippen LogP contribution in [0.4, 0.5) is 0 Å². The van der Waals surface area contributed by atoms with Crippen LogP contribution >= 0.6 is 0 Å². The lowest BCUT2D eigenvalue weighted by molar-refractivity contribution is -0.143. The second-order valence-electron chi connectivity index (χ2n) is 5.22. The van der Waals surface area contributed by atoms with Crippen molar-refractivity contribution in [1.29, 1.82) is 0 Å². The van der Waals surface area contributed by atoms with E-state index in [-0.39, 0.29) is 18.4 Å². The third kappa shape index (κ3) is 3.81. The molecule has 0 saturated heterocycles. The molecule has 4 nitrogen and oxygen atoms in total. The van der Waals surface area contributed by atoms with E-state index in [1.165, 1.54) is 0 Å². The number of carboxylic acid groups (broad SMARTS) is 1. The van der Waals surface area contributed by atoms with Crippen LogP contribution in [0.15, 0.2) is 30.3 Å². The lowest BCUT2D eigenvalue weighted by Crippen LogP contribution is -2.37. The Kier molecular flexibility index (Phi) is 4.20. The first-order chi connectivity index (χ1) is 9.08. The Hall–Kier alpha value is -1.84. The van der Waals surface area contributed by atoms with Gasteiger partial charge in [0, 0.05) is 19.0 Å². The highest BCUT2D eigenvalue weighted by Gasteiger charge is 2.34. The summed E-state index contributed by atoms with van der Waals surface area (Å²) in [5.74, 6) is -1.19. The molecular formula is C15H19NO3. The van der Waals surface area contributed by atoms with E-state index in [0.29, 0.717) is 6.54 Å². The van der Waals surface area contributed by atoms with Gasteiger partial charge >= 0.3 is 5.97 Å². The van der Waals surface area contributed by atoms with Crippen molar-refractivity contribution in [3.8, 4) is 0 Å². The first-order valence-corrected chi connectivity index (χ1v) is 6.63. The summed E-state index contributed by atoms with van der Waals surface area (Å²) in [4.78, 5) is 24.8. The summed E-state index contributed by atoms with van der Waals surface area (Å²) in [5, 5.41) is 9.00. The number of amides is 1. The topological polar surface area (TPSA) is 57.6 Å². The van der Waals surface area contributed by atoms with Crippen molar-refractivity contribution in [2.24, 2.45) is 11.8 Å². The van der Waals surface area contributed by atoms with Gasteiger partial charge in [-0.15, -0.1) is 0 Å². The smallest absolute Gasteiger partial charge is 0.308 e. The van der Waals surface area contributed by atoms with E-state index in [2.05, 4.69) is 0 Å². The maximum atomic E-state index is 12.2. The normalized spacial score (nSPS) is 15.8. The number of aliphatic carboxylic acids is 1. The molecule has 0 aromatic heterocycles. The van der Waals surface area contributed by atoms with Gasteiger partial charge < -0.3 is 10.0 Å². The molecule has 1 aliphatic carbocycles. The summed E-state index contributed by atoms with van der Waals surface area (Å²) in [5.41, 5.74) is 1.04. The number of nitrogens with zero attached hydrogens (tertiary/aromatic N) is 1. The Morgan fingerprint density at radius 2 is 1.95 bits per heavy atom. The molecule has 1 saturated carbocycles. The minimum absolute atomic E-state index is 0.0944. The van der Waals surface area contributed by atoms with Crippen LogP contribution in [0.2, 0.25) is 0 Å². The highest BCUT2D eigenvalue weighted by atomic mass is 16.4. The van der Waals surface area contributed by atoms with Crippen LogP contribution < -0.4 is 0 Å². The molecule has 0 heterocycles. The Morgan fingerprint density at radius 1 is 1.32 bits per heavy atom. The fourth-order valence-corrected chi connectivity index (χ4v) is 2.03. The minimum Gasteiger partial charge on any atom is -0.481 e. The van der Waals surface area contributed by atoms with Gasteiger partial charge in [-0.05, 0) is 18.4 Å². The molecular weight excluding hydrogens is 242 g/mol. The summed E-state index contributed by atoms with van der Waals surface area (Å²) in [6, 6.07) is 9.69. The largest absolute Gasteiger partial charge is 0.481 e. The van der Waals surface area contributed by atoms with Gasteiger partial charge in [0.05, 0.1) is 5.92 Å². The lowest BCUT2D eigenvalue weighted by atomic mass is 10.1. The Balaban J connectivity index is 2.05. The Labute approximate surface area is 113 Å². The summed E-state index contributed by atoms with van der Waals surface area (Å²) >= 11 is 0. The molecule has 1 N–H and O–H groups in total. The molecule has 1 unspecified atom stereocenters. The maximum Gasteiger partial charge on any atom is 0.308 e. The average Bonchev–Trinajstić information content (AvgIpc) is 3.22. The van der Waals surface area contributed by atoms with Crippen LogP contribution in [0.25, 0.3) is 0 Å². The van der Waals surface area contributed by atoms with Crippen molar-refractivity contribution < 1.29 is 14.7 Å². The van der Waals surface area contributed by atoms with Crippen LogP contribution in [0.5, 0.6) is 0 Å². The van der Waals surface area contributed by atoms with E-state index in [0.717, 1.165) is 18.4 Å². The monoisotopic (exact) mass is 261 g/mol. The molecule has 1 amide bonds. The number of hydrogen-bond acceptors (Lipinski definition) is 2. The lowest BCUT2D eigenvalue weighted by Gasteiger charge is -2.24. The quantitative estimate of drug-likeness (QED) is 0.853. The molecule has 19 heavy (non-hydrogen) atoms. The van der Waals surface area contributed by atoms with Gasteiger partial charge in [0.15, 0.2) is 0 Å². The predicted octanol–water partition coefficient (Wildman–Crippen LogP) is 2.15. The second kappa shape index (κ2) is 5.87. The zero-order valence-electron chi connectivity index (χ0n) is 11.1.